The predicted octanol–water partition coefficient (Wildman–Crippen LogP) is 1.75. The van der Waals surface area contributed by atoms with E-state index in [1.807, 2.05) is 25.1 Å². The zero-order valence-corrected chi connectivity index (χ0v) is 12.7. The number of benzene rings is 1. The summed E-state index contributed by atoms with van der Waals surface area (Å²) in [5, 5.41) is 6.24. The average molecular weight is 278 g/mol. The molecule has 1 rings (SSSR count). The summed E-state index contributed by atoms with van der Waals surface area (Å²) in [6, 6.07) is 10.5. The van der Waals surface area contributed by atoms with Crippen LogP contribution in [-0.4, -0.2) is 38.3 Å². The summed E-state index contributed by atoms with van der Waals surface area (Å²) >= 11 is 0. The summed E-state index contributed by atoms with van der Waals surface area (Å²) in [5.41, 5.74) is 1.29. The van der Waals surface area contributed by atoms with Crippen molar-refractivity contribution >= 4 is 5.91 Å². The second-order valence-electron chi connectivity index (χ2n) is 4.97. The van der Waals surface area contributed by atoms with Crippen LogP contribution in [0.25, 0.3) is 0 Å². The molecule has 2 N–H and O–H groups in total. The number of amides is 1. The Morgan fingerprint density at radius 1 is 1.30 bits per heavy atom. The second-order valence-corrected chi connectivity index (χ2v) is 4.97. The van der Waals surface area contributed by atoms with Gasteiger partial charge in [0.2, 0.25) is 5.91 Å². The van der Waals surface area contributed by atoms with Crippen molar-refractivity contribution in [3.8, 4) is 0 Å². The van der Waals surface area contributed by atoms with Gasteiger partial charge in [0.05, 0.1) is 12.6 Å². The first-order valence-corrected chi connectivity index (χ1v) is 7.24. The van der Waals surface area contributed by atoms with Crippen molar-refractivity contribution in [1.29, 1.82) is 0 Å². The molecule has 0 radical (unpaired) electrons. The van der Waals surface area contributed by atoms with E-state index in [-0.39, 0.29) is 11.9 Å². The molecule has 20 heavy (non-hydrogen) atoms. The number of carbonyl (C=O) groups is 1. The fraction of sp³-hybridized carbons (Fsp3) is 0.562. The predicted molar refractivity (Wildman–Crippen MR) is 81.7 cm³/mol. The van der Waals surface area contributed by atoms with Crippen LogP contribution >= 0.6 is 0 Å². The van der Waals surface area contributed by atoms with Crippen LogP contribution in [0.5, 0.6) is 0 Å². The standard InChI is InChI=1S/C16H26N2O2/c1-4-15(12-14-8-6-5-7-9-14)18-13(2)16(19)17-10-11-20-3/h5-9,13,15,18H,4,10-12H2,1-3H3,(H,17,19). The van der Waals surface area contributed by atoms with Crippen LogP contribution in [0.15, 0.2) is 30.3 Å². The van der Waals surface area contributed by atoms with E-state index in [4.69, 9.17) is 4.74 Å². The van der Waals surface area contributed by atoms with Crippen LogP contribution in [0.1, 0.15) is 25.8 Å². The number of nitrogens with one attached hydrogen (secondary N) is 2. The molecule has 0 bridgehead atoms. The van der Waals surface area contributed by atoms with E-state index in [9.17, 15) is 4.79 Å². The highest BCUT2D eigenvalue weighted by Gasteiger charge is 2.16. The first-order chi connectivity index (χ1) is 9.67. The number of rotatable bonds is 9. The molecule has 1 aromatic rings. The Bertz CT molecular complexity index is 381. The summed E-state index contributed by atoms with van der Waals surface area (Å²) < 4.78 is 4.92. The second kappa shape index (κ2) is 9.50. The Kier molecular flexibility index (Phi) is 7.92. The van der Waals surface area contributed by atoms with Gasteiger partial charge in [-0.05, 0) is 25.3 Å². The van der Waals surface area contributed by atoms with E-state index in [0.717, 1.165) is 12.8 Å². The molecule has 0 saturated carbocycles. The maximum absolute atomic E-state index is 11.9. The number of ether oxygens (including phenoxy) is 1. The van der Waals surface area contributed by atoms with Crippen LogP contribution < -0.4 is 10.6 Å². The Hall–Kier alpha value is -1.39. The number of hydrogen-bond donors (Lipinski definition) is 2. The lowest BCUT2D eigenvalue weighted by atomic mass is 10.0. The first kappa shape index (κ1) is 16.7. The van der Waals surface area contributed by atoms with E-state index >= 15 is 0 Å². The summed E-state index contributed by atoms with van der Waals surface area (Å²) in [6.07, 6.45) is 1.93. The zero-order chi connectivity index (χ0) is 14.8. The van der Waals surface area contributed by atoms with Crippen LogP contribution in [0.4, 0.5) is 0 Å². The van der Waals surface area contributed by atoms with E-state index in [1.54, 1.807) is 7.11 Å². The van der Waals surface area contributed by atoms with Gasteiger partial charge in [0.15, 0.2) is 0 Å². The van der Waals surface area contributed by atoms with E-state index in [2.05, 4.69) is 29.7 Å². The largest absolute Gasteiger partial charge is 0.383 e. The van der Waals surface area contributed by atoms with E-state index < -0.39 is 0 Å². The molecule has 0 aliphatic rings. The monoisotopic (exact) mass is 278 g/mol. The Balaban J connectivity index is 2.41. The summed E-state index contributed by atoms with van der Waals surface area (Å²) in [4.78, 5) is 11.9. The van der Waals surface area contributed by atoms with Gasteiger partial charge in [-0.2, -0.15) is 0 Å². The third-order valence-electron chi connectivity index (χ3n) is 3.30. The highest BCUT2D eigenvalue weighted by molar-refractivity contribution is 5.81. The molecule has 1 aromatic carbocycles. The lowest BCUT2D eigenvalue weighted by Gasteiger charge is -2.22. The maximum atomic E-state index is 11.9. The molecule has 0 saturated heterocycles. The Morgan fingerprint density at radius 2 is 2.00 bits per heavy atom. The first-order valence-electron chi connectivity index (χ1n) is 7.24. The smallest absolute Gasteiger partial charge is 0.236 e. The van der Waals surface area contributed by atoms with Gasteiger partial charge in [-0.25, -0.2) is 0 Å². The quantitative estimate of drug-likeness (QED) is 0.677. The highest BCUT2D eigenvalue weighted by Crippen LogP contribution is 2.06. The normalized spacial score (nSPS) is 13.8. The molecule has 4 nitrogen and oxygen atoms in total. The van der Waals surface area contributed by atoms with Crippen LogP contribution in [0.3, 0.4) is 0 Å². The molecule has 2 unspecified atom stereocenters. The maximum Gasteiger partial charge on any atom is 0.236 e. The van der Waals surface area contributed by atoms with Crippen molar-refractivity contribution in [2.75, 3.05) is 20.3 Å². The number of methoxy groups -OCH3 is 1. The lowest BCUT2D eigenvalue weighted by molar-refractivity contribution is -0.123. The fourth-order valence-corrected chi connectivity index (χ4v) is 2.08. The average Bonchev–Trinajstić information content (AvgIpc) is 2.47. The van der Waals surface area contributed by atoms with Crippen LogP contribution in [-0.2, 0) is 16.0 Å². The molecular formula is C16H26N2O2. The lowest BCUT2D eigenvalue weighted by Crippen LogP contribution is -2.47. The summed E-state index contributed by atoms with van der Waals surface area (Å²) in [5.74, 6) is 0.0218. The summed E-state index contributed by atoms with van der Waals surface area (Å²) in [7, 11) is 1.63. The van der Waals surface area contributed by atoms with Gasteiger partial charge in [0.25, 0.3) is 0 Å². The molecule has 0 aromatic heterocycles. The van der Waals surface area contributed by atoms with E-state index in [1.165, 1.54) is 5.56 Å². The van der Waals surface area contributed by atoms with Crippen LogP contribution in [0.2, 0.25) is 0 Å². The molecule has 0 aliphatic heterocycles. The minimum absolute atomic E-state index is 0.0218. The molecular weight excluding hydrogens is 252 g/mol. The SMILES string of the molecule is CCC(Cc1ccccc1)NC(C)C(=O)NCCOC. The van der Waals surface area contributed by atoms with Crippen molar-refractivity contribution in [1.82, 2.24) is 10.6 Å². The molecule has 112 valence electrons. The van der Waals surface area contributed by atoms with Crippen molar-refractivity contribution < 1.29 is 9.53 Å². The van der Waals surface area contributed by atoms with Gasteiger partial charge in [0, 0.05) is 19.7 Å². The van der Waals surface area contributed by atoms with Crippen LogP contribution in [0, 0.1) is 0 Å². The van der Waals surface area contributed by atoms with Gasteiger partial charge in [-0.15, -0.1) is 0 Å². The topological polar surface area (TPSA) is 50.4 Å². The van der Waals surface area contributed by atoms with E-state index in [0.29, 0.717) is 19.2 Å². The van der Waals surface area contributed by atoms with Gasteiger partial charge < -0.3 is 15.4 Å². The fourth-order valence-electron chi connectivity index (χ4n) is 2.08. The van der Waals surface area contributed by atoms with Crippen molar-refractivity contribution in [3.63, 3.8) is 0 Å². The molecule has 0 heterocycles. The van der Waals surface area contributed by atoms with Crippen molar-refractivity contribution in [2.24, 2.45) is 0 Å². The molecule has 1 amide bonds. The van der Waals surface area contributed by atoms with Gasteiger partial charge in [-0.1, -0.05) is 37.3 Å². The third-order valence-corrected chi connectivity index (χ3v) is 3.30. The highest BCUT2D eigenvalue weighted by atomic mass is 16.5. The zero-order valence-electron chi connectivity index (χ0n) is 12.7. The number of carbonyl (C=O) groups excluding carboxylic acids is 1. The molecule has 2 atom stereocenters. The van der Waals surface area contributed by atoms with Crippen molar-refractivity contribution in [3.05, 3.63) is 35.9 Å². The minimum Gasteiger partial charge on any atom is -0.383 e. The van der Waals surface area contributed by atoms with Gasteiger partial charge >= 0.3 is 0 Å². The summed E-state index contributed by atoms with van der Waals surface area (Å²) in [6.45, 7) is 5.13. The number of hydrogen-bond acceptors (Lipinski definition) is 3. The van der Waals surface area contributed by atoms with Gasteiger partial charge in [-0.3, -0.25) is 4.79 Å². The molecule has 0 aliphatic carbocycles. The Morgan fingerprint density at radius 3 is 2.60 bits per heavy atom. The Labute approximate surface area is 121 Å². The minimum atomic E-state index is -0.194. The molecule has 0 fully saturated rings. The van der Waals surface area contributed by atoms with Gasteiger partial charge in [0.1, 0.15) is 0 Å². The van der Waals surface area contributed by atoms with Crippen molar-refractivity contribution in [2.45, 2.75) is 38.8 Å². The molecule has 4 heteroatoms. The molecule has 0 spiro atoms. The third kappa shape index (κ3) is 6.17.